The Labute approximate surface area is 612 Å². The quantitative estimate of drug-likeness (QED) is 0.0169. The number of phosphoric ester groups is 2. The molecule has 0 aliphatic heterocycles. The van der Waals surface area contributed by atoms with E-state index in [4.69, 9.17) is 37.0 Å². The van der Waals surface area contributed by atoms with E-state index in [0.717, 1.165) is 133 Å². The minimum Gasteiger partial charge on any atom is -0.462 e. The van der Waals surface area contributed by atoms with Crippen molar-refractivity contribution in [2.24, 2.45) is 17.8 Å². The van der Waals surface area contributed by atoms with Crippen molar-refractivity contribution in [2.45, 2.75) is 414 Å². The Bertz CT molecular complexity index is 2040. The Hall–Kier alpha value is -2.46. The first kappa shape index (κ1) is 97.5. The number of hydrogen-bond acceptors (Lipinski definition) is 15. The average Bonchev–Trinajstić information content (AvgIpc) is 0.934. The monoisotopic (exact) mass is 1460 g/mol. The molecule has 0 heterocycles. The van der Waals surface area contributed by atoms with Crippen LogP contribution in [-0.2, 0) is 65.4 Å². The Morgan fingerprint density at radius 2 is 0.590 bits per heavy atom. The van der Waals surface area contributed by atoms with Gasteiger partial charge in [0.05, 0.1) is 26.4 Å². The molecule has 100 heavy (non-hydrogen) atoms. The third-order valence-electron chi connectivity index (χ3n) is 19.0. The van der Waals surface area contributed by atoms with Crippen molar-refractivity contribution >= 4 is 39.5 Å². The maximum Gasteiger partial charge on any atom is 0.472 e. The zero-order valence-corrected chi connectivity index (χ0v) is 66.9. The van der Waals surface area contributed by atoms with Gasteiger partial charge < -0.3 is 33.8 Å². The van der Waals surface area contributed by atoms with E-state index in [0.29, 0.717) is 25.7 Å². The van der Waals surface area contributed by atoms with E-state index < -0.39 is 97.5 Å². The largest absolute Gasteiger partial charge is 0.472 e. The number of allylic oxidation sites excluding steroid dienone is 4. The van der Waals surface area contributed by atoms with Crippen LogP contribution in [0.3, 0.4) is 0 Å². The second kappa shape index (κ2) is 70.8. The van der Waals surface area contributed by atoms with Crippen LogP contribution >= 0.6 is 15.6 Å². The number of rotatable bonds is 77. The lowest BCUT2D eigenvalue weighted by Crippen LogP contribution is -2.30. The summed E-state index contributed by atoms with van der Waals surface area (Å²) >= 11 is 0. The molecule has 0 fully saturated rings. The summed E-state index contributed by atoms with van der Waals surface area (Å²) < 4.78 is 68.6. The van der Waals surface area contributed by atoms with Gasteiger partial charge in [0.1, 0.15) is 19.3 Å². The topological polar surface area (TPSA) is 237 Å². The number of aliphatic hydroxyl groups is 1. The van der Waals surface area contributed by atoms with E-state index >= 15 is 0 Å². The Morgan fingerprint density at radius 1 is 0.330 bits per heavy atom. The van der Waals surface area contributed by atoms with Crippen molar-refractivity contribution in [3.05, 3.63) is 24.3 Å². The maximum atomic E-state index is 13.1. The van der Waals surface area contributed by atoms with Gasteiger partial charge in [-0.1, -0.05) is 342 Å². The van der Waals surface area contributed by atoms with Crippen LogP contribution in [0.15, 0.2) is 24.3 Å². The fourth-order valence-electron chi connectivity index (χ4n) is 11.9. The lowest BCUT2D eigenvalue weighted by atomic mass is 9.99. The summed E-state index contributed by atoms with van der Waals surface area (Å²) in [6.45, 7) is 11.9. The van der Waals surface area contributed by atoms with Gasteiger partial charge in [0.25, 0.3) is 0 Å². The Morgan fingerprint density at radius 3 is 0.890 bits per heavy atom. The molecule has 19 heteroatoms. The zero-order valence-electron chi connectivity index (χ0n) is 65.2. The van der Waals surface area contributed by atoms with Crippen LogP contribution < -0.4 is 0 Å². The van der Waals surface area contributed by atoms with Gasteiger partial charge in [-0.15, -0.1) is 0 Å². The van der Waals surface area contributed by atoms with Crippen LogP contribution in [0, 0.1) is 17.8 Å². The molecule has 0 rings (SSSR count). The predicted molar refractivity (Wildman–Crippen MR) is 409 cm³/mol. The molecule has 590 valence electrons. The smallest absolute Gasteiger partial charge is 0.462 e. The van der Waals surface area contributed by atoms with Gasteiger partial charge in [-0.2, -0.15) is 0 Å². The van der Waals surface area contributed by atoms with Crippen molar-refractivity contribution in [3.63, 3.8) is 0 Å². The van der Waals surface area contributed by atoms with Crippen LogP contribution in [0.4, 0.5) is 0 Å². The number of aliphatic hydroxyl groups excluding tert-OH is 1. The van der Waals surface area contributed by atoms with E-state index in [1.54, 1.807) is 0 Å². The van der Waals surface area contributed by atoms with E-state index in [9.17, 15) is 43.2 Å². The molecule has 0 aliphatic carbocycles. The molecule has 3 N–H and O–H groups in total. The van der Waals surface area contributed by atoms with Crippen molar-refractivity contribution < 1.29 is 80.2 Å². The third-order valence-corrected chi connectivity index (χ3v) is 20.9. The molecule has 0 aromatic carbocycles. The minimum atomic E-state index is -4.97. The number of phosphoric acid groups is 2. The summed E-state index contributed by atoms with van der Waals surface area (Å²) in [5.74, 6) is 0.205. The standard InChI is InChI=1S/C81H154O17P2/c1-8-11-12-13-14-15-16-17-22-26-29-35-40-48-55-62-78(83)91-68-76(97-80(85)64-57-50-41-36-30-27-24-21-19-18-20-23-25-28-34-39-46-53-60-73(6)9-2)70-95-99(87,88)93-66-75(82)67-94-100(89,90)96-71-77(69-92-79(84)63-56-49-44-43-47-54-61-74(7)10-3)98-81(86)65-58-51-42-37-32-31-33-38-45-52-59-72(4)5/h15-17,22,72-77,82H,8-14,18-21,23-71H2,1-7H3,(H,87,88)(H,89,90)/b16-15-,22-17-/t73?,74?,75-,76-,77-/m1/s1. The molecule has 0 aliphatic rings. The van der Waals surface area contributed by atoms with E-state index in [-0.39, 0.29) is 25.7 Å². The number of ether oxygens (including phenoxy) is 4. The lowest BCUT2D eigenvalue weighted by Gasteiger charge is -2.21. The highest BCUT2D eigenvalue weighted by Crippen LogP contribution is 2.45. The lowest BCUT2D eigenvalue weighted by molar-refractivity contribution is -0.161. The molecule has 17 nitrogen and oxygen atoms in total. The van der Waals surface area contributed by atoms with Gasteiger partial charge in [-0.05, 0) is 69.1 Å². The fourth-order valence-corrected chi connectivity index (χ4v) is 13.5. The van der Waals surface area contributed by atoms with Crippen LogP contribution in [0.25, 0.3) is 0 Å². The van der Waals surface area contributed by atoms with Gasteiger partial charge >= 0.3 is 39.5 Å². The normalized spacial score (nSPS) is 14.7. The molecular weight excluding hydrogens is 1310 g/mol. The molecule has 0 spiro atoms. The van der Waals surface area contributed by atoms with Crippen LogP contribution in [0.5, 0.6) is 0 Å². The predicted octanol–water partition coefficient (Wildman–Crippen LogP) is 23.7. The van der Waals surface area contributed by atoms with Crippen LogP contribution in [0.2, 0.25) is 0 Å². The molecule has 4 unspecified atom stereocenters. The van der Waals surface area contributed by atoms with Gasteiger partial charge in [0, 0.05) is 25.7 Å². The summed E-state index contributed by atoms with van der Waals surface area (Å²) in [6.07, 6.45) is 61.9. The van der Waals surface area contributed by atoms with Gasteiger partial charge in [-0.3, -0.25) is 37.3 Å². The molecule has 0 radical (unpaired) electrons. The summed E-state index contributed by atoms with van der Waals surface area (Å²) in [5, 5.41) is 10.6. The SMILES string of the molecule is CCCCCC/C=C\C=C/CCCCCCCC(=O)OC[C@H](COP(=O)(O)OC[C@@H](O)COP(=O)(O)OC[C@@H](COC(=O)CCCCCCCCC(C)CC)OC(=O)CCCCCCCCCCCCC(C)C)OC(=O)CCCCCCCCCCCCCCCCCCCCC(C)CC. The first-order valence-electron chi connectivity index (χ1n) is 41.2. The van der Waals surface area contributed by atoms with Crippen LogP contribution in [0.1, 0.15) is 395 Å². The third kappa shape index (κ3) is 71.2. The number of unbranched alkanes of at least 4 members (excludes halogenated alkanes) is 40. The molecule has 0 amide bonds. The Balaban J connectivity index is 5.25. The highest BCUT2D eigenvalue weighted by Gasteiger charge is 2.30. The average molecular weight is 1460 g/mol. The van der Waals surface area contributed by atoms with E-state index in [1.807, 2.05) is 0 Å². The van der Waals surface area contributed by atoms with Gasteiger partial charge in [-0.25, -0.2) is 9.13 Å². The number of carbonyl (C=O) groups is 4. The fraction of sp³-hybridized carbons (Fsp3) is 0.901. The zero-order chi connectivity index (χ0) is 73.7. The summed E-state index contributed by atoms with van der Waals surface area (Å²) in [7, 11) is -9.93. The first-order chi connectivity index (χ1) is 48.3. The van der Waals surface area contributed by atoms with Crippen molar-refractivity contribution in [1.82, 2.24) is 0 Å². The molecular formula is C81H154O17P2. The molecule has 0 aromatic rings. The molecule has 0 saturated carbocycles. The van der Waals surface area contributed by atoms with E-state index in [1.165, 1.54) is 180 Å². The van der Waals surface area contributed by atoms with Gasteiger partial charge in [0.2, 0.25) is 0 Å². The number of hydrogen-bond donors (Lipinski definition) is 3. The molecule has 0 saturated heterocycles. The number of esters is 4. The highest BCUT2D eigenvalue weighted by molar-refractivity contribution is 7.47. The minimum absolute atomic E-state index is 0.101. The Kier molecular flexibility index (Phi) is 69.1. The summed E-state index contributed by atoms with van der Waals surface area (Å²) in [4.78, 5) is 72.9. The highest BCUT2D eigenvalue weighted by atomic mass is 31.2. The van der Waals surface area contributed by atoms with Crippen molar-refractivity contribution in [1.29, 1.82) is 0 Å². The first-order valence-corrected chi connectivity index (χ1v) is 44.2. The summed E-state index contributed by atoms with van der Waals surface area (Å²) in [6, 6.07) is 0. The number of carbonyl (C=O) groups excluding carboxylic acids is 4. The second-order valence-electron chi connectivity index (χ2n) is 29.4. The van der Waals surface area contributed by atoms with E-state index in [2.05, 4.69) is 72.8 Å². The second-order valence-corrected chi connectivity index (χ2v) is 32.3. The molecule has 0 aromatic heterocycles. The molecule has 7 atom stereocenters. The maximum absolute atomic E-state index is 13.1. The summed E-state index contributed by atoms with van der Waals surface area (Å²) in [5.41, 5.74) is 0. The van der Waals surface area contributed by atoms with Crippen molar-refractivity contribution in [3.8, 4) is 0 Å². The molecule has 0 bridgehead atoms. The van der Waals surface area contributed by atoms with Crippen molar-refractivity contribution in [2.75, 3.05) is 39.6 Å². The van der Waals surface area contributed by atoms with Crippen LogP contribution in [-0.4, -0.2) is 96.7 Å². The van der Waals surface area contributed by atoms with Gasteiger partial charge in [0.15, 0.2) is 12.2 Å².